The number of fused-ring (bicyclic) bond motifs is 2. The van der Waals surface area contributed by atoms with Crippen LogP contribution in [0.1, 0.15) is 11.6 Å². The lowest BCUT2D eigenvalue weighted by Gasteiger charge is -2.17. The summed E-state index contributed by atoms with van der Waals surface area (Å²) in [6.07, 6.45) is 1.08. The van der Waals surface area contributed by atoms with Crippen molar-refractivity contribution in [1.82, 2.24) is 19.9 Å². The van der Waals surface area contributed by atoms with Crippen LogP contribution in [0.25, 0.3) is 22.1 Å². The smallest absolute Gasteiger partial charge is 0.108 e. The molecule has 6 nitrogen and oxygen atoms in total. The molecule has 0 radical (unpaired) electrons. The Kier molecular flexibility index (Phi) is 4.58. The van der Waals surface area contributed by atoms with Crippen LogP contribution in [0.2, 0.25) is 10.0 Å². The molecular weight excluding hydrogens is 371 g/mol. The summed E-state index contributed by atoms with van der Waals surface area (Å²) in [5.41, 5.74) is 16.1. The van der Waals surface area contributed by atoms with Gasteiger partial charge in [0.25, 0.3) is 0 Å². The van der Waals surface area contributed by atoms with Crippen molar-refractivity contribution >= 4 is 45.3 Å². The standard InChI is InChI=1S/C18H18Cl2N6/c19-9-1-3-13-15(5-9)25-17(23-13)7-11(21)12(22)8-18-24-14-4-2-10(20)6-16(14)26-18/h1-6,11-12H,7-8,21-22H2,(H,23,25)(H,24,26). The number of rotatable bonds is 5. The van der Waals surface area contributed by atoms with Crippen LogP contribution in [0.3, 0.4) is 0 Å². The van der Waals surface area contributed by atoms with Gasteiger partial charge in [0.05, 0.1) is 22.1 Å². The number of halogens is 2. The van der Waals surface area contributed by atoms with E-state index in [4.69, 9.17) is 34.7 Å². The van der Waals surface area contributed by atoms with Gasteiger partial charge in [0.15, 0.2) is 0 Å². The zero-order chi connectivity index (χ0) is 18.3. The van der Waals surface area contributed by atoms with E-state index in [0.717, 1.165) is 33.7 Å². The Labute approximate surface area is 159 Å². The lowest BCUT2D eigenvalue weighted by Crippen LogP contribution is -2.44. The van der Waals surface area contributed by atoms with Crippen LogP contribution in [0, 0.1) is 0 Å². The molecule has 0 saturated carbocycles. The fraction of sp³-hybridized carbons (Fsp3) is 0.222. The topological polar surface area (TPSA) is 109 Å². The van der Waals surface area contributed by atoms with Crippen LogP contribution < -0.4 is 11.5 Å². The highest BCUT2D eigenvalue weighted by atomic mass is 35.5. The highest BCUT2D eigenvalue weighted by Crippen LogP contribution is 2.19. The predicted molar refractivity (Wildman–Crippen MR) is 106 cm³/mol. The highest BCUT2D eigenvalue weighted by molar-refractivity contribution is 6.31. The Morgan fingerprint density at radius 3 is 1.62 bits per heavy atom. The van der Waals surface area contributed by atoms with Gasteiger partial charge < -0.3 is 21.4 Å². The molecule has 0 aliphatic carbocycles. The van der Waals surface area contributed by atoms with E-state index in [1.165, 1.54) is 0 Å². The van der Waals surface area contributed by atoms with E-state index in [0.29, 0.717) is 22.9 Å². The van der Waals surface area contributed by atoms with Crippen molar-refractivity contribution in [1.29, 1.82) is 0 Å². The molecule has 2 aromatic heterocycles. The van der Waals surface area contributed by atoms with Crippen molar-refractivity contribution in [3.05, 3.63) is 58.1 Å². The van der Waals surface area contributed by atoms with Gasteiger partial charge in [-0.1, -0.05) is 23.2 Å². The van der Waals surface area contributed by atoms with Crippen molar-refractivity contribution in [2.45, 2.75) is 24.9 Å². The van der Waals surface area contributed by atoms with E-state index in [9.17, 15) is 0 Å². The first kappa shape index (κ1) is 17.3. The van der Waals surface area contributed by atoms with Crippen molar-refractivity contribution in [3.8, 4) is 0 Å². The van der Waals surface area contributed by atoms with Crippen LogP contribution >= 0.6 is 23.2 Å². The largest absolute Gasteiger partial charge is 0.342 e. The Hall–Kier alpha value is -2.12. The number of nitrogens with two attached hydrogens (primary N) is 2. The summed E-state index contributed by atoms with van der Waals surface area (Å²) < 4.78 is 0. The van der Waals surface area contributed by atoms with E-state index in [-0.39, 0.29) is 12.1 Å². The number of imidazole rings is 2. The molecule has 134 valence electrons. The molecule has 0 spiro atoms. The van der Waals surface area contributed by atoms with Crippen LogP contribution in [-0.4, -0.2) is 32.0 Å². The molecule has 0 amide bonds. The first-order valence-electron chi connectivity index (χ1n) is 8.27. The van der Waals surface area contributed by atoms with Gasteiger partial charge in [-0.2, -0.15) is 0 Å². The molecule has 2 heterocycles. The average Bonchev–Trinajstić information content (AvgIpc) is 3.16. The summed E-state index contributed by atoms with van der Waals surface area (Å²) in [6.45, 7) is 0. The molecule has 0 aliphatic heterocycles. The van der Waals surface area contributed by atoms with E-state index >= 15 is 0 Å². The number of hydrogen-bond donors (Lipinski definition) is 4. The average molecular weight is 389 g/mol. The molecule has 26 heavy (non-hydrogen) atoms. The number of H-pyrrole nitrogens is 2. The quantitative estimate of drug-likeness (QED) is 0.420. The minimum Gasteiger partial charge on any atom is -0.342 e. The summed E-state index contributed by atoms with van der Waals surface area (Å²) in [5.74, 6) is 1.59. The van der Waals surface area contributed by atoms with E-state index in [2.05, 4.69) is 19.9 Å². The second kappa shape index (κ2) is 6.89. The summed E-state index contributed by atoms with van der Waals surface area (Å²) >= 11 is 12.0. The summed E-state index contributed by atoms with van der Waals surface area (Å²) in [5, 5.41) is 1.33. The summed E-state index contributed by atoms with van der Waals surface area (Å²) in [7, 11) is 0. The number of nitrogens with one attached hydrogen (secondary N) is 2. The van der Waals surface area contributed by atoms with E-state index in [1.807, 2.05) is 36.4 Å². The van der Waals surface area contributed by atoms with Gasteiger partial charge in [-0.05, 0) is 36.4 Å². The van der Waals surface area contributed by atoms with Gasteiger partial charge in [0.2, 0.25) is 0 Å². The van der Waals surface area contributed by atoms with Gasteiger partial charge in [-0.3, -0.25) is 0 Å². The predicted octanol–water partition coefficient (Wildman–Crippen LogP) is 3.19. The van der Waals surface area contributed by atoms with Crippen LogP contribution in [0.4, 0.5) is 0 Å². The van der Waals surface area contributed by atoms with Crippen molar-refractivity contribution < 1.29 is 0 Å². The van der Waals surface area contributed by atoms with Gasteiger partial charge >= 0.3 is 0 Å². The normalized spacial score (nSPS) is 14.2. The number of aromatic amines is 2. The Morgan fingerprint density at radius 1 is 0.769 bits per heavy atom. The van der Waals surface area contributed by atoms with Crippen molar-refractivity contribution in [2.75, 3.05) is 0 Å². The van der Waals surface area contributed by atoms with Crippen molar-refractivity contribution in [2.24, 2.45) is 11.5 Å². The molecule has 4 rings (SSSR count). The minimum absolute atomic E-state index is 0.261. The molecule has 6 N–H and O–H groups in total. The minimum atomic E-state index is -0.261. The Balaban J connectivity index is 1.46. The molecule has 2 aromatic carbocycles. The highest BCUT2D eigenvalue weighted by Gasteiger charge is 2.18. The first-order chi connectivity index (χ1) is 12.5. The molecule has 2 unspecified atom stereocenters. The van der Waals surface area contributed by atoms with Gasteiger partial charge in [0.1, 0.15) is 11.6 Å². The van der Waals surface area contributed by atoms with E-state index in [1.54, 1.807) is 0 Å². The summed E-state index contributed by atoms with van der Waals surface area (Å²) in [4.78, 5) is 15.6. The molecule has 2 atom stereocenters. The summed E-state index contributed by atoms with van der Waals surface area (Å²) in [6, 6.07) is 10.6. The number of benzene rings is 2. The van der Waals surface area contributed by atoms with Crippen LogP contribution in [0.15, 0.2) is 36.4 Å². The van der Waals surface area contributed by atoms with Crippen molar-refractivity contribution in [3.63, 3.8) is 0 Å². The van der Waals surface area contributed by atoms with Gasteiger partial charge in [0, 0.05) is 35.0 Å². The lowest BCUT2D eigenvalue weighted by atomic mass is 10.0. The fourth-order valence-electron chi connectivity index (χ4n) is 3.01. The maximum atomic E-state index is 6.29. The zero-order valence-corrected chi connectivity index (χ0v) is 15.3. The molecular formula is C18H18Cl2N6. The molecule has 4 aromatic rings. The van der Waals surface area contributed by atoms with Crippen LogP contribution in [-0.2, 0) is 12.8 Å². The van der Waals surface area contributed by atoms with Gasteiger partial charge in [-0.15, -0.1) is 0 Å². The maximum absolute atomic E-state index is 6.29. The second-order valence-electron chi connectivity index (χ2n) is 6.43. The third kappa shape index (κ3) is 3.54. The first-order valence-corrected chi connectivity index (χ1v) is 9.03. The second-order valence-corrected chi connectivity index (χ2v) is 7.30. The molecule has 0 fully saturated rings. The van der Waals surface area contributed by atoms with Crippen LogP contribution in [0.5, 0.6) is 0 Å². The Morgan fingerprint density at radius 2 is 1.19 bits per heavy atom. The number of nitrogens with zero attached hydrogens (tertiary/aromatic N) is 2. The lowest BCUT2D eigenvalue weighted by molar-refractivity contribution is 0.505. The zero-order valence-electron chi connectivity index (χ0n) is 13.8. The number of aromatic nitrogens is 4. The van der Waals surface area contributed by atoms with Gasteiger partial charge in [-0.25, -0.2) is 9.97 Å². The molecule has 0 saturated heterocycles. The third-order valence-electron chi connectivity index (χ3n) is 4.39. The Bertz CT molecular complexity index is 984. The maximum Gasteiger partial charge on any atom is 0.108 e. The molecule has 0 bridgehead atoms. The molecule has 0 aliphatic rings. The molecule has 8 heteroatoms. The SMILES string of the molecule is NC(Cc1nc2ccc(Cl)cc2[nH]1)C(N)Cc1nc2ccc(Cl)cc2[nH]1. The fourth-order valence-corrected chi connectivity index (χ4v) is 3.36. The van der Waals surface area contributed by atoms with E-state index < -0.39 is 0 Å². The monoisotopic (exact) mass is 388 g/mol. The number of hydrogen-bond acceptors (Lipinski definition) is 4. The third-order valence-corrected chi connectivity index (χ3v) is 4.86.